The molecule has 0 bridgehead atoms. The van der Waals surface area contributed by atoms with E-state index in [0.717, 1.165) is 31.2 Å². The van der Waals surface area contributed by atoms with Gasteiger partial charge >= 0.3 is 6.09 Å². The van der Waals surface area contributed by atoms with E-state index < -0.39 is 23.8 Å². The predicted molar refractivity (Wildman–Crippen MR) is 154 cm³/mol. The van der Waals surface area contributed by atoms with Crippen LogP contribution in [0.25, 0.3) is 0 Å². The second-order valence-corrected chi connectivity index (χ2v) is 11.4. The average molecular weight is 548 g/mol. The smallest absolute Gasteiger partial charge is 0.408 e. The number of benzene rings is 2. The first-order valence-corrected chi connectivity index (χ1v) is 13.9. The first kappa shape index (κ1) is 30.6. The lowest BCUT2D eigenvalue weighted by Crippen LogP contribution is -2.55. The quantitative estimate of drug-likeness (QED) is 0.349. The summed E-state index contributed by atoms with van der Waals surface area (Å²) in [4.78, 5) is 42.6. The maximum atomic E-state index is 14.3. The minimum atomic E-state index is -1.01. The minimum Gasteiger partial charge on any atom is -0.508 e. The van der Waals surface area contributed by atoms with Gasteiger partial charge in [0.05, 0.1) is 0 Å². The molecule has 0 saturated heterocycles. The Kier molecular flexibility index (Phi) is 10.2. The molecule has 1 aliphatic rings. The van der Waals surface area contributed by atoms with E-state index in [1.807, 2.05) is 6.92 Å². The minimum absolute atomic E-state index is 0.0752. The van der Waals surface area contributed by atoms with Crippen LogP contribution in [0.4, 0.5) is 4.79 Å². The number of aromatic hydroxyl groups is 1. The van der Waals surface area contributed by atoms with Crippen LogP contribution in [-0.2, 0) is 20.7 Å². The van der Waals surface area contributed by atoms with Gasteiger partial charge in [-0.05, 0) is 82.3 Å². The van der Waals surface area contributed by atoms with Crippen molar-refractivity contribution < 1.29 is 24.2 Å². The highest BCUT2D eigenvalue weighted by Gasteiger charge is 2.44. The van der Waals surface area contributed by atoms with Crippen LogP contribution >= 0.6 is 0 Å². The van der Waals surface area contributed by atoms with Crippen molar-refractivity contribution in [2.75, 3.05) is 0 Å². The van der Waals surface area contributed by atoms with Gasteiger partial charge in [-0.25, -0.2) is 4.79 Å². The van der Waals surface area contributed by atoms with Gasteiger partial charge in [0.15, 0.2) is 0 Å². The van der Waals surface area contributed by atoms with Crippen molar-refractivity contribution in [3.8, 4) is 18.1 Å². The fourth-order valence-corrected chi connectivity index (χ4v) is 4.60. The van der Waals surface area contributed by atoms with Gasteiger partial charge in [0, 0.05) is 24.1 Å². The molecule has 40 heavy (non-hydrogen) atoms. The summed E-state index contributed by atoms with van der Waals surface area (Å²) in [5, 5.41) is 15.6. The standard InChI is InChI=1S/C32H41N3O5/c1-7-9-21(3)33-29(37)28(24-14-10-22(8-2)11-15-24)35(25-16-17-25)30(38)27(34-31(39)40-32(4,5)6)20-23-12-18-26(36)19-13-23/h2,10-15,18-19,21,25,27-28,36H,7,9,16-17,20H2,1,3-6H3,(H,33,37)(H,34,39). The molecule has 2 aromatic rings. The van der Waals surface area contributed by atoms with E-state index in [4.69, 9.17) is 11.2 Å². The molecule has 0 radical (unpaired) electrons. The van der Waals surface area contributed by atoms with E-state index in [1.165, 1.54) is 12.1 Å². The van der Waals surface area contributed by atoms with Crippen LogP contribution < -0.4 is 10.6 Å². The third-order valence-electron chi connectivity index (χ3n) is 6.59. The van der Waals surface area contributed by atoms with Gasteiger partial charge in [0.1, 0.15) is 23.4 Å². The number of phenolic OH excluding ortho intramolecular Hbond substituents is 1. The Balaban J connectivity index is 2.01. The number of carbonyl (C=O) groups excluding carboxylic acids is 3. The normalized spacial score (nSPS) is 15.2. The summed E-state index contributed by atoms with van der Waals surface area (Å²) in [7, 11) is 0. The van der Waals surface area contributed by atoms with Crippen molar-refractivity contribution in [1.82, 2.24) is 15.5 Å². The van der Waals surface area contributed by atoms with Crippen molar-refractivity contribution in [3.63, 3.8) is 0 Å². The number of amides is 3. The molecule has 3 atom stereocenters. The molecular weight excluding hydrogens is 506 g/mol. The summed E-state index contributed by atoms with van der Waals surface area (Å²) < 4.78 is 5.47. The number of hydrogen-bond donors (Lipinski definition) is 3. The van der Waals surface area contributed by atoms with Gasteiger partial charge in [0.2, 0.25) is 11.8 Å². The van der Waals surface area contributed by atoms with Gasteiger partial charge in [-0.3, -0.25) is 9.59 Å². The molecule has 8 heteroatoms. The van der Waals surface area contributed by atoms with E-state index in [2.05, 4.69) is 23.5 Å². The summed E-state index contributed by atoms with van der Waals surface area (Å²) in [6.45, 7) is 9.24. The number of hydrogen-bond acceptors (Lipinski definition) is 5. The number of ether oxygens (including phenoxy) is 1. The topological polar surface area (TPSA) is 108 Å². The Morgan fingerprint density at radius 2 is 1.70 bits per heavy atom. The average Bonchev–Trinajstić information content (AvgIpc) is 3.72. The molecule has 1 aliphatic carbocycles. The number of rotatable bonds is 11. The first-order chi connectivity index (χ1) is 18.9. The number of phenols is 1. The highest BCUT2D eigenvalue weighted by Crippen LogP contribution is 2.36. The van der Waals surface area contributed by atoms with Crippen LogP contribution in [0.1, 0.15) is 83.0 Å². The number of nitrogens with zero attached hydrogens (tertiary/aromatic N) is 1. The SMILES string of the molecule is C#Cc1ccc(C(C(=O)NC(C)CCC)N(C(=O)C(Cc2ccc(O)cc2)NC(=O)OC(C)(C)C)C2CC2)cc1. The Morgan fingerprint density at radius 3 is 2.23 bits per heavy atom. The van der Waals surface area contributed by atoms with E-state index >= 15 is 0 Å². The lowest BCUT2D eigenvalue weighted by Gasteiger charge is -2.35. The molecule has 1 saturated carbocycles. The Hall–Kier alpha value is -3.99. The number of nitrogens with one attached hydrogen (secondary N) is 2. The molecule has 3 rings (SSSR count). The first-order valence-electron chi connectivity index (χ1n) is 13.9. The summed E-state index contributed by atoms with van der Waals surface area (Å²) in [6.07, 6.45) is 8.19. The zero-order chi connectivity index (χ0) is 29.4. The summed E-state index contributed by atoms with van der Waals surface area (Å²) in [5.74, 6) is 2.02. The fraction of sp³-hybridized carbons (Fsp3) is 0.469. The van der Waals surface area contributed by atoms with E-state index in [1.54, 1.807) is 62.1 Å². The molecule has 3 unspecified atom stereocenters. The maximum Gasteiger partial charge on any atom is 0.408 e. The molecule has 1 fully saturated rings. The molecule has 8 nitrogen and oxygen atoms in total. The van der Waals surface area contributed by atoms with Gasteiger partial charge in [-0.15, -0.1) is 6.42 Å². The molecule has 0 aromatic heterocycles. The molecule has 0 spiro atoms. The summed E-state index contributed by atoms with van der Waals surface area (Å²) in [5.41, 5.74) is 1.28. The monoisotopic (exact) mass is 547 g/mol. The number of terminal acetylenes is 1. The van der Waals surface area contributed by atoms with E-state index in [0.29, 0.717) is 11.1 Å². The molecule has 2 aromatic carbocycles. The van der Waals surface area contributed by atoms with Crippen LogP contribution in [0.15, 0.2) is 48.5 Å². The molecule has 214 valence electrons. The second-order valence-electron chi connectivity index (χ2n) is 11.4. The van der Waals surface area contributed by atoms with Crippen molar-refractivity contribution in [3.05, 3.63) is 65.2 Å². The molecule has 3 amide bonds. The van der Waals surface area contributed by atoms with Gasteiger partial charge in [-0.2, -0.15) is 0 Å². The van der Waals surface area contributed by atoms with Gasteiger partial charge in [-0.1, -0.05) is 43.5 Å². The molecule has 3 N–H and O–H groups in total. The highest BCUT2D eigenvalue weighted by molar-refractivity contribution is 5.93. The van der Waals surface area contributed by atoms with Crippen LogP contribution in [0, 0.1) is 12.3 Å². The molecule has 0 heterocycles. The summed E-state index contributed by atoms with van der Waals surface area (Å²) in [6, 6.07) is 11.4. The number of alkyl carbamates (subject to hydrolysis) is 1. The highest BCUT2D eigenvalue weighted by atomic mass is 16.6. The largest absolute Gasteiger partial charge is 0.508 e. The fourth-order valence-electron chi connectivity index (χ4n) is 4.60. The van der Waals surface area contributed by atoms with Crippen molar-refractivity contribution >= 4 is 17.9 Å². The van der Waals surface area contributed by atoms with Crippen LogP contribution in [0.5, 0.6) is 5.75 Å². The third kappa shape index (κ3) is 8.77. The molecule has 0 aliphatic heterocycles. The lowest BCUT2D eigenvalue weighted by atomic mass is 9.98. The van der Waals surface area contributed by atoms with Gasteiger partial charge < -0.3 is 25.4 Å². The van der Waals surface area contributed by atoms with E-state index in [-0.39, 0.29) is 36.1 Å². The zero-order valence-electron chi connectivity index (χ0n) is 24.1. The van der Waals surface area contributed by atoms with Gasteiger partial charge in [0.25, 0.3) is 0 Å². The van der Waals surface area contributed by atoms with E-state index in [9.17, 15) is 19.5 Å². The van der Waals surface area contributed by atoms with Crippen molar-refractivity contribution in [1.29, 1.82) is 0 Å². The number of carbonyl (C=O) groups is 3. The Bertz CT molecular complexity index is 1210. The van der Waals surface area contributed by atoms with Crippen molar-refractivity contribution in [2.45, 2.75) is 96.5 Å². The predicted octanol–water partition coefficient (Wildman–Crippen LogP) is 4.85. The van der Waals surface area contributed by atoms with Crippen LogP contribution in [0.2, 0.25) is 0 Å². The second kappa shape index (κ2) is 13.4. The lowest BCUT2D eigenvalue weighted by molar-refractivity contribution is -0.143. The summed E-state index contributed by atoms with van der Waals surface area (Å²) >= 11 is 0. The third-order valence-corrected chi connectivity index (χ3v) is 6.59. The van der Waals surface area contributed by atoms with Crippen LogP contribution in [0.3, 0.4) is 0 Å². The van der Waals surface area contributed by atoms with Crippen molar-refractivity contribution in [2.24, 2.45) is 0 Å². The zero-order valence-corrected chi connectivity index (χ0v) is 24.1. The van der Waals surface area contributed by atoms with Crippen LogP contribution in [-0.4, -0.2) is 51.6 Å². The molecular formula is C32H41N3O5. The maximum absolute atomic E-state index is 14.3. The Morgan fingerprint density at radius 1 is 1.07 bits per heavy atom. The Labute approximate surface area is 237 Å².